The van der Waals surface area contributed by atoms with Gasteiger partial charge in [-0.2, -0.15) is 0 Å². The number of ether oxygens (including phenoxy) is 1. The summed E-state index contributed by atoms with van der Waals surface area (Å²) in [5.41, 5.74) is 4.33. The van der Waals surface area contributed by atoms with Crippen LogP contribution in [-0.4, -0.2) is 41.7 Å². The number of hydrogen-bond acceptors (Lipinski definition) is 4. The molecule has 2 saturated carbocycles. The Labute approximate surface area is 210 Å². The lowest BCUT2D eigenvalue weighted by molar-refractivity contribution is -0.114. The van der Waals surface area contributed by atoms with E-state index in [2.05, 4.69) is 43.0 Å². The number of carbonyl (C=O) groups is 1. The van der Waals surface area contributed by atoms with Crippen LogP contribution in [0, 0.1) is 29.1 Å². The van der Waals surface area contributed by atoms with Crippen molar-refractivity contribution in [2.75, 3.05) is 14.1 Å². The SMILES string of the molecule is CC#C[C@]1(O)CC[C@H]2[C@@H]3CCC4=CC(=O)CCC4=C3[C@@H](c3ccc(OC(C)N(C)C)cc3)C[C@@]21C. The molecule has 1 aromatic rings. The van der Waals surface area contributed by atoms with Gasteiger partial charge in [0.05, 0.1) is 0 Å². The number of carbonyl (C=O) groups excluding carboxylic acids is 1. The second-order valence-electron chi connectivity index (χ2n) is 11.5. The summed E-state index contributed by atoms with van der Waals surface area (Å²) < 4.78 is 6.09. The van der Waals surface area contributed by atoms with Crippen molar-refractivity contribution < 1.29 is 14.6 Å². The van der Waals surface area contributed by atoms with E-state index in [1.807, 2.05) is 38.9 Å². The summed E-state index contributed by atoms with van der Waals surface area (Å²) >= 11 is 0. The number of rotatable bonds is 4. The van der Waals surface area contributed by atoms with Crippen LogP contribution in [0.2, 0.25) is 0 Å². The van der Waals surface area contributed by atoms with Crippen molar-refractivity contribution in [1.82, 2.24) is 4.90 Å². The lowest BCUT2D eigenvalue weighted by Gasteiger charge is -2.53. The predicted molar refractivity (Wildman–Crippen MR) is 139 cm³/mol. The molecule has 0 aromatic heterocycles. The summed E-state index contributed by atoms with van der Waals surface area (Å²) in [6, 6.07) is 8.59. The highest BCUT2D eigenvalue weighted by Crippen LogP contribution is 2.66. The predicted octanol–water partition coefficient (Wildman–Crippen LogP) is 5.63. The minimum Gasteiger partial charge on any atom is -0.475 e. The molecule has 1 N–H and O–H groups in total. The van der Waals surface area contributed by atoms with Gasteiger partial charge in [0.15, 0.2) is 5.78 Å². The van der Waals surface area contributed by atoms with Crippen LogP contribution in [0.25, 0.3) is 0 Å². The first-order chi connectivity index (χ1) is 16.7. The van der Waals surface area contributed by atoms with Gasteiger partial charge < -0.3 is 9.84 Å². The molecule has 0 bridgehead atoms. The van der Waals surface area contributed by atoms with Gasteiger partial charge in [-0.15, -0.1) is 5.92 Å². The first-order valence-corrected chi connectivity index (χ1v) is 13.2. The lowest BCUT2D eigenvalue weighted by atomic mass is 9.51. The molecule has 2 fully saturated rings. The quantitative estimate of drug-likeness (QED) is 0.455. The van der Waals surface area contributed by atoms with Crippen molar-refractivity contribution in [3.05, 3.63) is 52.6 Å². The highest BCUT2D eigenvalue weighted by Gasteiger charge is 2.62. The Kier molecular flexibility index (Phi) is 6.22. The molecule has 5 rings (SSSR count). The summed E-state index contributed by atoms with van der Waals surface area (Å²) in [7, 11) is 4.02. The molecule has 186 valence electrons. The normalized spacial score (nSPS) is 34.9. The summed E-state index contributed by atoms with van der Waals surface area (Å²) in [5, 5.41) is 11.8. The molecular weight excluding hydrogens is 434 g/mol. The topological polar surface area (TPSA) is 49.8 Å². The average Bonchev–Trinajstić information content (AvgIpc) is 3.09. The summed E-state index contributed by atoms with van der Waals surface area (Å²) in [6.45, 7) is 6.17. The number of nitrogens with zero attached hydrogens (tertiary/aromatic N) is 1. The molecule has 35 heavy (non-hydrogen) atoms. The van der Waals surface area contributed by atoms with E-state index >= 15 is 0 Å². The van der Waals surface area contributed by atoms with Gasteiger partial charge in [0.1, 0.15) is 17.6 Å². The van der Waals surface area contributed by atoms with E-state index in [0.717, 1.165) is 44.3 Å². The highest BCUT2D eigenvalue weighted by molar-refractivity contribution is 5.93. The summed E-state index contributed by atoms with van der Waals surface area (Å²) in [5.74, 6) is 8.50. The standard InChI is InChI=1S/C31H39NO3/c1-6-16-31(34)17-15-28-26-13-9-22-18-23(33)10-14-25(22)29(26)27(19-30(28,31)3)21-7-11-24(12-8-21)35-20(2)32(4)5/h7-8,11-12,18,20,26-28,34H,9-10,13-15,17,19H2,1-5H3/t20?,26-,27+,28-,30-,31-/m0/s1. The van der Waals surface area contributed by atoms with Crippen LogP contribution in [0.1, 0.15) is 77.2 Å². The molecule has 6 atom stereocenters. The Bertz CT molecular complexity index is 1130. The van der Waals surface area contributed by atoms with Crippen LogP contribution >= 0.6 is 0 Å². The minimum atomic E-state index is -0.941. The van der Waals surface area contributed by atoms with E-state index in [4.69, 9.17) is 4.74 Å². The molecule has 4 aliphatic carbocycles. The molecule has 1 aromatic carbocycles. The molecule has 0 radical (unpaired) electrons. The van der Waals surface area contributed by atoms with Crippen LogP contribution in [0.15, 0.2) is 47.1 Å². The first-order valence-electron chi connectivity index (χ1n) is 13.2. The molecular formula is C31H39NO3. The van der Waals surface area contributed by atoms with Gasteiger partial charge in [0.2, 0.25) is 0 Å². The van der Waals surface area contributed by atoms with Crippen molar-refractivity contribution in [1.29, 1.82) is 0 Å². The number of allylic oxidation sites excluding steroid dienone is 4. The maximum absolute atomic E-state index is 12.2. The monoisotopic (exact) mass is 473 g/mol. The zero-order valence-corrected chi connectivity index (χ0v) is 21.9. The van der Waals surface area contributed by atoms with E-state index in [1.165, 1.54) is 16.7 Å². The van der Waals surface area contributed by atoms with Crippen LogP contribution in [0.4, 0.5) is 0 Å². The molecule has 0 heterocycles. The van der Waals surface area contributed by atoms with Crippen molar-refractivity contribution >= 4 is 5.78 Å². The third-order valence-corrected chi connectivity index (χ3v) is 9.53. The molecule has 4 aliphatic rings. The molecule has 0 spiro atoms. The molecule has 4 nitrogen and oxygen atoms in total. The van der Waals surface area contributed by atoms with E-state index in [1.54, 1.807) is 5.57 Å². The fourth-order valence-corrected chi connectivity index (χ4v) is 7.46. The van der Waals surface area contributed by atoms with Crippen LogP contribution < -0.4 is 4.74 Å². The largest absolute Gasteiger partial charge is 0.475 e. The van der Waals surface area contributed by atoms with E-state index in [-0.39, 0.29) is 23.3 Å². The summed E-state index contributed by atoms with van der Waals surface area (Å²) in [4.78, 5) is 14.3. The molecule has 0 aliphatic heterocycles. The van der Waals surface area contributed by atoms with Crippen LogP contribution in [0.3, 0.4) is 0 Å². The maximum atomic E-state index is 12.2. The zero-order chi connectivity index (χ0) is 25.0. The van der Waals surface area contributed by atoms with Gasteiger partial charge >= 0.3 is 0 Å². The zero-order valence-electron chi connectivity index (χ0n) is 21.9. The molecule has 4 heteroatoms. The van der Waals surface area contributed by atoms with Gasteiger partial charge in [0, 0.05) is 17.8 Å². The Hall–Kier alpha value is -2.35. The smallest absolute Gasteiger partial charge is 0.156 e. The van der Waals surface area contributed by atoms with Gasteiger partial charge in [0.25, 0.3) is 0 Å². The number of benzene rings is 1. The number of fused-ring (bicyclic) bond motifs is 4. The van der Waals surface area contributed by atoms with Crippen molar-refractivity contribution in [2.45, 2.75) is 83.5 Å². The van der Waals surface area contributed by atoms with E-state index in [9.17, 15) is 9.90 Å². The Morgan fingerprint density at radius 3 is 2.57 bits per heavy atom. The van der Waals surface area contributed by atoms with Gasteiger partial charge in [-0.3, -0.25) is 9.69 Å². The first kappa shape index (κ1) is 24.3. The molecule has 1 unspecified atom stereocenters. The minimum absolute atomic E-state index is 0.00330. The van der Waals surface area contributed by atoms with E-state index in [0.29, 0.717) is 18.3 Å². The maximum Gasteiger partial charge on any atom is 0.156 e. The average molecular weight is 474 g/mol. The lowest BCUT2D eigenvalue weighted by Crippen LogP contribution is -2.51. The highest BCUT2D eigenvalue weighted by atomic mass is 16.5. The van der Waals surface area contributed by atoms with Crippen molar-refractivity contribution in [2.24, 2.45) is 17.3 Å². The third-order valence-electron chi connectivity index (χ3n) is 9.53. The number of hydrogen-bond donors (Lipinski definition) is 1. The Morgan fingerprint density at radius 2 is 1.89 bits per heavy atom. The fourth-order valence-electron chi connectivity index (χ4n) is 7.46. The molecule has 0 saturated heterocycles. The van der Waals surface area contributed by atoms with Crippen molar-refractivity contribution in [3.8, 4) is 17.6 Å². The second kappa shape index (κ2) is 8.95. The molecule has 0 amide bonds. The third kappa shape index (κ3) is 3.98. The summed E-state index contributed by atoms with van der Waals surface area (Å²) in [6.07, 6.45) is 8.07. The number of ketones is 1. The van der Waals surface area contributed by atoms with Gasteiger partial charge in [-0.25, -0.2) is 0 Å². The fraction of sp³-hybridized carbons (Fsp3) is 0.581. The van der Waals surface area contributed by atoms with Crippen LogP contribution in [0.5, 0.6) is 5.75 Å². The van der Waals surface area contributed by atoms with E-state index < -0.39 is 5.60 Å². The number of aliphatic hydroxyl groups is 1. The second-order valence-corrected chi connectivity index (χ2v) is 11.5. The Morgan fingerprint density at radius 1 is 1.14 bits per heavy atom. The van der Waals surface area contributed by atoms with Gasteiger partial charge in [-0.1, -0.05) is 30.6 Å². The van der Waals surface area contributed by atoms with Gasteiger partial charge in [-0.05, 0) is 113 Å². The van der Waals surface area contributed by atoms with Crippen LogP contribution in [-0.2, 0) is 4.79 Å². The Balaban J connectivity index is 1.59. The van der Waals surface area contributed by atoms with Crippen molar-refractivity contribution in [3.63, 3.8) is 0 Å².